The van der Waals surface area contributed by atoms with Crippen molar-refractivity contribution in [3.63, 3.8) is 0 Å². The van der Waals surface area contributed by atoms with Crippen LogP contribution in [0.3, 0.4) is 0 Å². The number of nitrogens with zero attached hydrogens (tertiary/aromatic N) is 1. The maximum absolute atomic E-state index is 13.2. The molecule has 1 heterocycles. The van der Waals surface area contributed by atoms with E-state index in [4.69, 9.17) is 0 Å². The van der Waals surface area contributed by atoms with Gasteiger partial charge < -0.3 is 5.32 Å². The lowest BCUT2D eigenvalue weighted by molar-refractivity contribution is 0.147. The second-order valence-electron chi connectivity index (χ2n) is 4.01. The molecule has 2 nitrogen and oxygen atoms in total. The Morgan fingerprint density at radius 2 is 1.72 bits per heavy atom. The van der Waals surface area contributed by atoms with Gasteiger partial charge in [0, 0.05) is 30.7 Å². The molecule has 1 atom stereocenters. The van der Waals surface area contributed by atoms with Crippen LogP contribution in [0.25, 0.3) is 0 Å². The van der Waals surface area contributed by atoms with Crippen molar-refractivity contribution in [3.8, 4) is 0 Å². The van der Waals surface area contributed by atoms with Crippen LogP contribution in [0.2, 0.25) is 0 Å². The van der Waals surface area contributed by atoms with Crippen molar-refractivity contribution < 1.29 is 4.39 Å². The summed E-state index contributed by atoms with van der Waals surface area (Å²) < 4.78 is 14.2. The molecule has 18 heavy (non-hydrogen) atoms. The minimum absolute atomic E-state index is 0. The van der Waals surface area contributed by atoms with Crippen LogP contribution in [0.1, 0.15) is 11.6 Å². The number of halogens is 4. The molecule has 1 saturated heterocycles. The molecule has 1 fully saturated rings. The zero-order valence-electron chi connectivity index (χ0n) is 9.94. The quantitative estimate of drug-likeness (QED) is 0.891. The van der Waals surface area contributed by atoms with E-state index in [1.54, 1.807) is 0 Å². The largest absolute Gasteiger partial charge is 0.314 e. The van der Waals surface area contributed by atoms with Crippen LogP contribution in [-0.2, 0) is 0 Å². The van der Waals surface area contributed by atoms with Gasteiger partial charge in [0.2, 0.25) is 0 Å². The highest BCUT2D eigenvalue weighted by atomic mass is 79.9. The van der Waals surface area contributed by atoms with Gasteiger partial charge in [-0.2, -0.15) is 0 Å². The van der Waals surface area contributed by atoms with Crippen molar-refractivity contribution >= 4 is 40.7 Å². The lowest BCUT2D eigenvalue weighted by Gasteiger charge is -2.33. The topological polar surface area (TPSA) is 15.3 Å². The SMILES string of the molecule is Cl.Cl.FC[C@@H](c1ccc(Br)cc1)N1CCNCC1. The molecule has 1 aromatic rings. The number of alkyl halides is 1. The van der Waals surface area contributed by atoms with Crippen LogP contribution >= 0.6 is 40.7 Å². The predicted octanol–water partition coefficient (Wildman–Crippen LogP) is 3.21. The van der Waals surface area contributed by atoms with Crippen molar-refractivity contribution in [2.75, 3.05) is 32.9 Å². The van der Waals surface area contributed by atoms with Crippen LogP contribution in [-0.4, -0.2) is 37.8 Å². The Kier molecular flexibility index (Phi) is 9.17. The van der Waals surface area contributed by atoms with E-state index < -0.39 is 0 Å². The van der Waals surface area contributed by atoms with Gasteiger partial charge in [0.1, 0.15) is 6.67 Å². The van der Waals surface area contributed by atoms with Crippen LogP contribution in [0.15, 0.2) is 28.7 Å². The van der Waals surface area contributed by atoms with Crippen LogP contribution < -0.4 is 5.32 Å². The zero-order valence-corrected chi connectivity index (χ0v) is 13.2. The van der Waals surface area contributed by atoms with E-state index in [9.17, 15) is 4.39 Å². The standard InChI is InChI=1S/C12H16BrFN2.2ClH/c13-11-3-1-10(2-4-11)12(9-14)16-7-5-15-6-8-16;;/h1-4,12,15H,5-9H2;2*1H/t12-;;/m0../s1. The second-order valence-corrected chi connectivity index (χ2v) is 4.92. The van der Waals surface area contributed by atoms with E-state index in [2.05, 4.69) is 26.1 Å². The third-order valence-electron chi connectivity index (χ3n) is 2.99. The molecule has 2 rings (SSSR count). The van der Waals surface area contributed by atoms with Crippen molar-refractivity contribution in [2.45, 2.75) is 6.04 Å². The van der Waals surface area contributed by atoms with Crippen LogP contribution in [0.4, 0.5) is 4.39 Å². The molecule has 0 amide bonds. The lowest BCUT2D eigenvalue weighted by atomic mass is 10.1. The molecular formula is C12H18BrCl2FN2. The molecule has 0 saturated carbocycles. The summed E-state index contributed by atoms with van der Waals surface area (Å²) in [6, 6.07) is 7.85. The zero-order chi connectivity index (χ0) is 11.4. The monoisotopic (exact) mass is 358 g/mol. The molecular weight excluding hydrogens is 342 g/mol. The molecule has 0 radical (unpaired) electrons. The van der Waals surface area contributed by atoms with Gasteiger partial charge in [0.25, 0.3) is 0 Å². The van der Waals surface area contributed by atoms with E-state index in [1.165, 1.54) is 0 Å². The summed E-state index contributed by atoms with van der Waals surface area (Å²) >= 11 is 3.40. The van der Waals surface area contributed by atoms with Crippen molar-refractivity contribution in [1.29, 1.82) is 0 Å². The van der Waals surface area contributed by atoms with E-state index in [1.807, 2.05) is 24.3 Å². The highest BCUT2D eigenvalue weighted by Crippen LogP contribution is 2.23. The lowest BCUT2D eigenvalue weighted by Crippen LogP contribution is -2.45. The van der Waals surface area contributed by atoms with E-state index >= 15 is 0 Å². The van der Waals surface area contributed by atoms with Gasteiger partial charge in [0.05, 0.1) is 6.04 Å². The van der Waals surface area contributed by atoms with Crippen molar-refractivity contribution in [2.24, 2.45) is 0 Å². The maximum atomic E-state index is 13.2. The van der Waals surface area contributed by atoms with Crippen molar-refractivity contribution in [1.82, 2.24) is 10.2 Å². The van der Waals surface area contributed by atoms with Crippen LogP contribution in [0, 0.1) is 0 Å². The average molecular weight is 360 g/mol. The second kappa shape index (κ2) is 9.10. The third-order valence-corrected chi connectivity index (χ3v) is 3.52. The Labute approximate surface area is 128 Å². The summed E-state index contributed by atoms with van der Waals surface area (Å²) in [4.78, 5) is 2.21. The van der Waals surface area contributed by atoms with Crippen LogP contribution in [0.5, 0.6) is 0 Å². The van der Waals surface area contributed by atoms with Gasteiger partial charge in [0.15, 0.2) is 0 Å². The Morgan fingerprint density at radius 3 is 2.22 bits per heavy atom. The third kappa shape index (κ3) is 4.67. The summed E-state index contributed by atoms with van der Waals surface area (Å²) in [6.07, 6.45) is 0. The number of benzene rings is 1. The fourth-order valence-electron chi connectivity index (χ4n) is 2.08. The first kappa shape index (κ1) is 18.1. The molecule has 0 aromatic heterocycles. The normalized spacial score (nSPS) is 17.4. The minimum atomic E-state index is -0.318. The highest BCUT2D eigenvalue weighted by Gasteiger charge is 2.21. The van der Waals surface area contributed by atoms with Gasteiger partial charge in [-0.15, -0.1) is 24.8 Å². The number of piperazine rings is 1. The smallest absolute Gasteiger partial charge is 0.109 e. The van der Waals surface area contributed by atoms with Gasteiger partial charge in [-0.05, 0) is 17.7 Å². The first-order valence-electron chi connectivity index (χ1n) is 5.57. The Hall–Kier alpha value is 0.130. The predicted molar refractivity (Wildman–Crippen MR) is 81.8 cm³/mol. The van der Waals surface area contributed by atoms with E-state index in [0.29, 0.717) is 0 Å². The summed E-state index contributed by atoms with van der Waals surface area (Å²) in [5, 5.41) is 3.28. The van der Waals surface area contributed by atoms with E-state index in [-0.39, 0.29) is 37.5 Å². The minimum Gasteiger partial charge on any atom is -0.314 e. The molecule has 6 heteroatoms. The molecule has 0 aliphatic carbocycles. The molecule has 104 valence electrons. The molecule has 0 unspecified atom stereocenters. The fraction of sp³-hybridized carbons (Fsp3) is 0.500. The first-order valence-corrected chi connectivity index (χ1v) is 6.37. The highest BCUT2D eigenvalue weighted by molar-refractivity contribution is 9.10. The Bertz CT molecular complexity index is 331. The van der Waals surface area contributed by atoms with Gasteiger partial charge in [-0.1, -0.05) is 28.1 Å². The number of rotatable bonds is 3. The molecule has 1 aliphatic rings. The summed E-state index contributed by atoms with van der Waals surface area (Å²) in [6.45, 7) is 3.43. The summed E-state index contributed by atoms with van der Waals surface area (Å²) in [7, 11) is 0. The Balaban J connectivity index is 0.00000144. The first-order chi connectivity index (χ1) is 7.81. The number of hydrogen-bond donors (Lipinski definition) is 1. The fourth-order valence-corrected chi connectivity index (χ4v) is 2.34. The number of nitrogens with one attached hydrogen (secondary N) is 1. The molecule has 1 aliphatic heterocycles. The number of hydrogen-bond acceptors (Lipinski definition) is 2. The summed E-state index contributed by atoms with van der Waals surface area (Å²) in [5.74, 6) is 0. The molecule has 0 spiro atoms. The molecule has 1 N–H and O–H groups in total. The molecule has 0 bridgehead atoms. The van der Waals surface area contributed by atoms with Crippen molar-refractivity contribution in [3.05, 3.63) is 34.3 Å². The van der Waals surface area contributed by atoms with Gasteiger partial charge in [-0.25, -0.2) is 4.39 Å². The average Bonchev–Trinajstić information content (AvgIpc) is 2.34. The summed E-state index contributed by atoms with van der Waals surface area (Å²) in [5.41, 5.74) is 1.06. The Morgan fingerprint density at radius 1 is 1.17 bits per heavy atom. The van der Waals surface area contributed by atoms with Gasteiger partial charge >= 0.3 is 0 Å². The van der Waals surface area contributed by atoms with E-state index in [0.717, 1.165) is 36.2 Å². The molecule has 1 aromatic carbocycles. The van der Waals surface area contributed by atoms with Gasteiger partial charge in [-0.3, -0.25) is 4.90 Å². The maximum Gasteiger partial charge on any atom is 0.109 e.